The van der Waals surface area contributed by atoms with Crippen molar-refractivity contribution in [3.05, 3.63) is 147 Å². The maximum absolute atomic E-state index is 5.16. The van der Waals surface area contributed by atoms with Gasteiger partial charge in [-0.25, -0.2) is 9.97 Å². The van der Waals surface area contributed by atoms with Crippen molar-refractivity contribution in [2.75, 3.05) is 0 Å². The van der Waals surface area contributed by atoms with Crippen LogP contribution in [0.15, 0.2) is 155 Å². The molecule has 0 spiro atoms. The third kappa shape index (κ3) is 4.09. The molecule has 8 rings (SSSR count). The van der Waals surface area contributed by atoms with Crippen LogP contribution in [0.5, 0.6) is 0 Å². The molecule has 0 saturated carbocycles. The Balaban J connectivity index is 1.23. The molecule has 0 aliphatic carbocycles. The SMILES string of the molecule is c1ccc2c(-c3ccc(-c4ccc(-c5cocn5)cc4)c4ccccc34)ccc(-c3ccc(-c4cocn4)cc3)c2c1. The van der Waals surface area contributed by atoms with Gasteiger partial charge in [-0.3, -0.25) is 0 Å². The lowest BCUT2D eigenvalue weighted by atomic mass is 9.88. The molecule has 0 unspecified atom stereocenters. The van der Waals surface area contributed by atoms with Crippen LogP contribution in [0, 0.1) is 0 Å². The smallest absolute Gasteiger partial charge is 0.181 e. The minimum Gasteiger partial charge on any atom is -0.451 e. The minimum atomic E-state index is 0.836. The summed E-state index contributed by atoms with van der Waals surface area (Å²) in [5, 5.41) is 4.90. The van der Waals surface area contributed by atoms with Gasteiger partial charge in [-0.1, -0.05) is 121 Å². The Morgan fingerprint density at radius 2 is 0.667 bits per heavy atom. The third-order valence-corrected chi connectivity index (χ3v) is 7.99. The molecule has 0 amide bonds. The summed E-state index contributed by atoms with van der Waals surface area (Å²) in [5.41, 5.74) is 10.9. The van der Waals surface area contributed by atoms with E-state index in [1.54, 1.807) is 12.5 Å². The lowest BCUT2D eigenvalue weighted by Crippen LogP contribution is -1.89. The van der Waals surface area contributed by atoms with Crippen LogP contribution in [0.4, 0.5) is 0 Å². The zero-order valence-electron chi connectivity index (χ0n) is 22.6. The minimum absolute atomic E-state index is 0.836. The van der Waals surface area contributed by atoms with Crippen molar-refractivity contribution in [2.45, 2.75) is 0 Å². The molecule has 0 aliphatic rings. The van der Waals surface area contributed by atoms with E-state index in [9.17, 15) is 0 Å². The second-order valence-electron chi connectivity index (χ2n) is 10.3. The largest absolute Gasteiger partial charge is 0.451 e. The molecule has 198 valence electrons. The van der Waals surface area contributed by atoms with Gasteiger partial charge in [0, 0.05) is 11.1 Å². The molecule has 0 atom stereocenters. The van der Waals surface area contributed by atoms with Gasteiger partial charge in [0.2, 0.25) is 0 Å². The number of benzene rings is 6. The molecule has 4 heteroatoms. The third-order valence-electron chi connectivity index (χ3n) is 7.99. The van der Waals surface area contributed by atoms with Crippen molar-refractivity contribution in [2.24, 2.45) is 0 Å². The molecule has 0 fully saturated rings. The second kappa shape index (κ2) is 10.0. The van der Waals surface area contributed by atoms with Crippen LogP contribution in [0.2, 0.25) is 0 Å². The molecule has 0 N–H and O–H groups in total. The number of hydrogen-bond donors (Lipinski definition) is 0. The maximum Gasteiger partial charge on any atom is 0.181 e. The van der Waals surface area contributed by atoms with Crippen molar-refractivity contribution >= 4 is 21.5 Å². The van der Waals surface area contributed by atoms with Crippen LogP contribution in [0.25, 0.3) is 77.4 Å². The van der Waals surface area contributed by atoms with E-state index in [4.69, 9.17) is 8.83 Å². The molecule has 0 radical (unpaired) electrons. The van der Waals surface area contributed by atoms with Gasteiger partial charge in [0.1, 0.15) is 23.9 Å². The van der Waals surface area contributed by atoms with E-state index in [1.807, 2.05) is 0 Å². The van der Waals surface area contributed by atoms with Crippen LogP contribution >= 0.6 is 0 Å². The summed E-state index contributed by atoms with van der Waals surface area (Å²) in [6, 6.07) is 43.4. The Labute approximate surface area is 242 Å². The molecule has 2 heterocycles. The quantitative estimate of drug-likeness (QED) is 0.218. The average Bonchev–Trinajstić information content (AvgIpc) is 3.80. The number of fused-ring (bicyclic) bond motifs is 2. The van der Waals surface area contributed by atoms with Gasteiger partial charge in [-0.2, -0.15) is 0 Å². The summed E-state index contributed by atoms with van der Waals surface area (Å²) < 4.78 is 10.3. The monoisotopic (exact) mass is 540 g/mol. The topological polar surface area (TPSA) is 52.1 Å². The van der Waals surface area contributed by atoms with Gasteiger partial charge in [-0.05, 0) is 54.9 Å². The number of hydrogen-bond acceptors (Lipinski definition) is 4. The Morgan fingerprint density at radius 3 is 1.02 bits per heavy atom. The van der Waals surface area contributed by atoms with E-state index in [0.717, 1.165) is 22.5 Å². The van der Waals surface area contributed by atoms with Gasteiger partial charge in [0.15, 0.2) is 12.8 Å². The van der Waals surface area contributed by atoms with E-state index < -0.39 is 0 Å². The standard InChI is InChI=1S/C38H24N2O2/c1-3-7-33-31(5-1)29(25-9-13-27(14-10-25)37-21-41-23-39-37)17-19-35(33)36-20-18-30(32-6-2-4-8-34(32)36)26-11-15-28(16-12-26)38-22-42-24-40-38/h1-24H. The highest BCUT2D eigenvalue weighted by atomic mass is 16.3. The summed E-state index contributed by atoms with van der Waals surface area (Å²) in [4.78, 5) is 8.55. The zero-order valence-corrected chi connectivity index (χ0v) is 22.6. The summed E-state index contributed by atoms with van der Waals surface area (Å²) >= 11 is 0. The van der Waals surface area contributed by atoms with E-state index in [1.165, 1.54) is 67.7 Å². The van der Waals surface area contributed by atoms with Gasteiger partial charge in [0.05, 0.1) is 0 Å². The van der Waals surface area contributed by atoms with E-state index in [2.05, 4.69) is 131 Å². The van der Waals surface area contributed by atoms with Gasteiger partial charge < -0.3 is 8.83 Å². The van der Waals surface area contributed by atoms with Crippen LogP contribution in [0.3, 0.4) is 0 Å². The van der Waals surface area contributed by atoms with Crippen molar-refractivity contribution < 1.29 is 8.83 Å². The summed E-state index contributed by atoms with van der Waals surface area (Å²) in [6.45, 7) is 0. The maximum atomic E-state index is 5.16. The van der Waals surface area contributed by atoms with Crippen molar-refractivity contribution in [1.29, 1.82) is 0 Å². The fraction of sp³-hybridized carbons (Fsp3) is 0. The average molecular weight is 541 g/mol. The Kier molecular flexibility index (Phi) is 5.75. The molecule has 0 saturated heterocycles. The Hall–Kier alpha value is -5.74. The fourth-order valence-electron chi connectivity index (χ4n) is 5.92. The lowest BCUT2D eigenvalue weighted by molar-refractivity contribution is 0.558. The molecular weight excluding hydrogens is 516 g/mol. The van der Waals surface area contributed by atoms with Crippen LogP contribution in [-0.2, 0) is 0 Å². The Bertz CT molecular complexity index is 2000. The molecular formula is C38H24N2O2. The highest BCUT2D eigenvalue weighted by molar-refractivity contribution is 6.12. The number of rotatable bonds is 5. The molecule has 4 nitrogen and oxygen atoms in total. The van der Waals surface area contributed by atoms with Crippen LogP contribution < -0.4 is 0 Å². The molecule has 2 aromatic heterocycles. The van der Waals surface area contributed by atoms with Gasteiger partial charge in [-0.15, -0.1) is 0 Å². The van der Waals surface area contributed by atoms with Crippen molar-refractivity contribution in [3.63, 3.8) is 0 Å². The normalized spacial score (nSPS) is 11.3. The number of oxazole rings is 2. The Morgan fingerprint density at radius 1 is 0.333 bits per heavy atom. The van der Waals surface area contributed by atoms with E-state index >= 15 is 0 Å². The molecule has 6 aromatic carbocycles. The first kappa shape index (κ1) is 24.1. The molecule has 8 aromatic rings. The first-order valence-corrected chi connectivity index (χ1v) is 13.9. The predicted molar refractivity (Wildman–Crippen MR) is 169 cm³/mol. The first-order valence-electron chi connectivity index (χ1n) is 13.9. The summed E-state index contributed by atoms with van der Waals surface area (Å²) in [5.74, 6) is 0. The van der Waals surface area contributed by atoms with Crippen molar-refractivity contribution in [3.8, 4) is 55.9 Å². The van der Waals surface area contributed by atoms with Gasteiger partial charge >= 0.3 is 0 Å². The number of nitrogens with zero attached hydrogens (tertiary/aromatic N) is 2. The fourth-order valence-corrected chi connectivity index (χ4v) is 5.92. The van der Waals surface area contributed by atoms with E-state index in [0.29, 0.717) is 0 Å². The van der Waals surface area contributed by atoms with Crippen molar-refractivity contribution in [1.82, 2.24) is 9.97 Å². The lowest BCUT2D eigenvalue weighted by Gasteiger charge is -2.16. The molecule has 0 bridgehead atoms. The second-order valence-corrected chi connectivity index (χ2v) is 10.3. The molecule has 0 aliphatic heterocycles. The van der Waals surface area contributed by atoms with Gasteiger partial charge in [0.25, 0.3) is 0 Å². The molecule has 42 heavy (non-hydrogen) atoms. The highest BCUT2D eigenvalue weighted by Crippen LogP contribution is 2.41. The first-order chi connectivity index (χ1) is 20.8. The zero-order chi connectivity index (χ0) is 27.9. The predicted octanol–water partition coefficient (Wildman–Crippen LogP) is 10.3. The highest BCUT2D eigenvalue weighted by Gasteiger charge is 2.14. The summed E-state index contributed by atoms with van der Waals surface area (Å²) in [7, 11) is 0. The van der Waals surface area contributed by atoms with Crippen LogP contribution in [0.1, 0.15) is 0 Å². The summed E-state index contributed by atoms with van der Waals surface area (Å²) in [6.07, 6.45) is 6.26. The van der Waals surface area contributed by atoms with E-state index in [-0.39, 0.29) is 0 Å². The number of aromatic nitrogens is 2. The van der Waals surface area contributed by atoms with Crippen LogP contribution in [-0.4, -0.2) is 9.97 Å².